The van der Waals surface area contributed by atoms with Crippen LogP contribution in [0.2, 0.25) is 0 Å². The summed E-state index contributed by atoms with van der Waals surface area (Å²) in [6.45, 7) is 0.354. The first-order valence-electron chi connectivity index (χ1n) is 10.9. The molecule has 1 aliphatic carbocycles. The fourth-order valence-corrected chi connectivity index (χ4v) is 5.19. The number of aromatic nitrogens is 5. The van der Waals surface area contributed by atoms with Gasteiger partial charge >= 0.3 is 0 Å². The highest BCUT2D eigenvalue weighted by Crippen LogP contribution is 2.40. The van der Waals surface area contributed by atoms with E-state index in [4.69, 9.17) is 4.74 Å². The van der Waals surface area contributed by atoms with Gasteiger partial charge in [-0.05, 0) is 47.3 Å². The van der Waals surface area contributed by atoms with Crippen LogP contribution in [0.4, 0.5) is 10.3 Å². The van der Waals surface area contributed by atoms with Gasteiger partial charge in [-0.25, -0.2) is 14.1 Å². The molecule has 0 unspecified atom stereocenters. The SMILES string of the molecule is CNC(=O)[C@]1(COC)CC[C@@H](Nc2ncc3c(Br)nn(-c4cc(F)c5ncccc5c4)c3n2)C1. The lowest BCUT2D eigenvalue weighted by Crippen LogP contribution is -2.41. The van der Waals surface area contributed by atoms with Crippen LogP contribution in [0.5, 0.6) is 0 Å². The Morgan fingerprint density at radius 3 is 3.03 bits per heavy atom. The number of pyridine rings is 1. The number of carbonyl (C=O) groups is 1. The Morgan fingerprint density at radius 2 is 2.24 bits per heavy atom. The lowest BCUT2D eigenvalue weighted by atomic mass is 9.86. The molecule has 0 saturated heterocycles. The molecule has 4 aromatic rings. The largest absolute Gasteiger partial charge is 0.384 e. The van der Waals surface area contributed by atoms with Crippen molar-refractivity contribution in [2.45, 2.75) is 25.3 Å². The molecule has 3 aromatic heterocycles. The van der Waals surface area contributed by atoms with E-state index in [9.17, 15) is 9.18 Å². The molecule has 0 radical (unpaired) electrons. The fourth-order valence-electron chi connectivity index (χ4n) is 4.75. The second kappa shape index (κ2) is 8.88. The minimum Gasteiger partial charge on any atom is -0.384 e. The highest BCUT2D eigenvalue weighted by atomic mass is 79.9. The lowest BCUT2D eigenvalue weighted by molar-refractivity contribution is -0.133. The van der Waals surface area contributed by atoms with Crippen molar-refractivity contribution in [3.63, 3.8) is 0 Å². The van der Waals surface area contributed by atoms with Crippen LogP contribution in [0.1, 0.15) is 19.3 Å². The maximum absolute atomic E-state index is 14.7. The first-order valence-corrected chi connectivity index (χ1v) is 11.7. The second-order valence-corrected chi connectivity index (χ2v) is 9.26. The maximum atomic E-state index is 14.7. The minimum atomic E-state index is -0.577. The lowest BCUT2D eigenvalue weighted by Gasteiger charge is -2.26. The van der Waals surface area contributed by atoms with E-state index in [1.807, 2.05) is 6.07 Å². The number of amides is 1. The molecule has 1 saturated carbocycles. The van der Waals surface area contributed by atoms with Crippen LogP contribution in [0.3, 0.4) is 0 Å². The van der Waals surface area contributed by atoms with Gasteiger partial charge in [-0.1, -0.05) is 6.07 Å². The van der Waals surface area contributed by atoms with Crippen molar-refractivity contribution < 1.29 is 13.9 Å². The number of anilines is 1. The highest BCUT2D eigenvalue weighted by molar-refractivity contribution is 9.10. The van der Waals surface area contributed by atoms with Gasteiger partial charge in [0.1, 0.15) is 10.1 Å². The molecule has 2 N–H and O–H groups in total. The number of methoxy groups -OCH3 is 1. The minimum absolute atomic E-state index is 0.00824. The van der Waals surface area contributed by atoms with E-state index in [1.54, 1.807) is 43.4 Å². The maximum Gasteiger partial charge on any atom is 0.228 e. The number of halogens is 2. The van der Waals surface area contributed by atoms with Gasteiger partial charge in [-0.3, -0.25) is 9.78 Å². The molecule has 176 valence electrons. The monoisotopic (exact) mass is 527 g/mol. The van der Waals surface area contributed by atoms with Crippen LogP contribution < -0.4 is 10.6 Å². The topological polar surface area (TPSA) is 107 Å². The molecular formula is C23H23BrFN7O2. The predicted octanol–water partition coefficient (Wildman–Crippen LogP) is 3.61. The van der Waals surface area contributed by atoms with Crippen molar-refractivity contribution in [3.8, 4) is 5.69 Å². The highest BCUT2D eigenvalue weighted by Gasteiger charge is 2.45. The number of benzene rings is 1. The number of hydrogen-bond donors (Lipinski definition) is 2. The molecule has 3 heterocycles. The molecule has 34 heavy (non-hydrogen) atoms. The van der Waals surface area contributed by atoms with Gasteiger partial charge < -0.3 is 15.4 Å². The third-order valence-corrected chi connectivity index (χ3v) is 6.92. The number of nitrogens with zero attached hydrogens (tertiary/aromatic N) is 5. The van der Waals surface area contributed by atoms with Crippen molar-refractivity contribution in [2.75, 3.05) is 26.1 Å². The molecule has 0 spiro atoms. The van der Waals surface area contributed by atoms with E-state index in [1.165, 1.54) is 6.07 Å². The molecule has 0 bridgehead atoms. The quantitative estimate of drug-likeness (QED) is 0.394. The first-order chi connectivity index (χ1) is 16.4. The molecule has 5 rings (SSSR count). The number of carbonyl (C=O) groups excluding carboxylic acids is 1. The molecule has 11 heteroatoms. The van der Waals surface area contributed by atoms with Crippen LogP contribution in [0, 0.1) is 11.2 Å². The fraction of sp³-hybridized carbons (Fsp3) is 0.348. The van der Waals surface area contributed by atoms with Crippen LogP contribution in [-0.4, -0.2) is 57.4 Å². The summed E-state index contributed by atoms with van der Waals surface area (Å²) in [5, 5.41) is 12.0. The Balaban J connectivity index is 1.48. The van der Waals surface area contributed by atoms with Crippen LogP contribution in [0.15, 0.2) is 41.3 Å². The van der Waals surface area contributed by atoms with Gasteiger partial charge in [0.2, 0.25) is 11.9 Å². The summed E-state index contributed by atoms with van der Waals surface area (Å²) in [6, 6.07) is 6.78. The Labute approximate surface area is 203 Å². The Morgan fingerprint density at radius 1 is 1.38 bits per heavy atom. The third kappa shape index (κ3) is 3.88. The normalized spacial score (nSPS) is 20.2. The van der Waals surface area contributed by atoms with Crippen LogP contribution >= 0.6 is 15.9 Å². The van der Waals surface area contributed by atoms with E-state index in [2.05, 4.69) is 46.6 Å². The van der Waals surface area contributed by atoms with E-state index >= 15 is 0 Å². The average Bonchev–Trinajstić information content (AvgIpc) is 3.40. The first kappa shape index (κ1) is 22.6. The third-order valence-electron chi connectivity index (χ3n) is 6.34. The van der Waals surface area contributed by atoms with Crippen molar-refractivity contribution in [3.05, 3.63) is 47.1 Å². The molecule has 1 aliphatic rings. The zero-order chi connectivity index (χ0) is 23.9. The predicted molar refractivity (Wildman–Crippen MR) is 129 cm³/mol. The smallest absolute Gasteiger partial charge is 0.228 e. The average molecular weight is 528 g/mol. The second-order valence-electron chi connectivity index (χ2n) is 8.51. The number of nitrogens with one attached hydrogen (secondary N) is 2. The molecule has 1 amide bonds. The summed E-state index contributed by atoms with van der Waals surface area (Å²) in [6.07, 6.45) is 5.32. The van der Waals surface area contributed by atoms with Crippen molar-refractivity contribution in [1.29, 1.82) is 0 Å². The van der Waals surface area contributed by atoms with Gasteiger partial charge in [0, 0.05) is 44.0 Å². The van der Waals surface area contributed by atoms with E-state index in [0.717, 1.165) is 6.42 Å². The molecule has 1 aromatic carbocycles. The Hall–Kier alpha value is -3.18. The molecule has 9 nitrogen and oxygen atoms in total. The number of hydrogen-bond acceptors (Lipinski definition) is 7. The summed E-state index contributed by atoms with van der Waals surface area (Å²) >= 11 is 3.46. The number of ether oxygens (including phenoxy) is 1. The van der Waals surface area contributed by atoms with Gasteiger partial charge in [0.25, 0.3) is 0 Å². The van der Waals surface area contributed by atoms with Crippen molar-refractivity contribution >= 4 is 49.7 Å². The van der Waals surface area contributed by atoms with Gasteiger partial charge in [-0.15, -0.1) is 0 Å². The zero-order valence-corrected chi connectivity index (χ0v) is 20.3. The van der Waals surface area contributed by atoms with E-state index in [-0.39, 0.29) is 11.9 Å². The molecule has 1 fully saturated rings. The van der Waals surface area contributed by atoms with Crippen molar-refractivity contribution in [2.24, 2.45) is 5.41 Å². The standard InChI is InChI=1S/C23H23BrFN7O2/c1-26-21(33)23(12-34-2)6-5-14(10-23)29-22-28-11-16-19(24)31-32(20(16)30-22)15-8-13-4-3-7-27-18(13)17(25)9-15/h3-4,7-9,11,14H,5-6,10,12H2,1-2H3,(H,26,33)(H,28,29,30)/t14-,23-/m1/s1. The van der Waals surface area contributed by atoms with Gasteiger partial charge in [0.15, 0.2) is 11.5 Å². The summed E-state index contributed by atoms with van der Waals surface area (Å²) < 4.78 is 22.2. The summed E-state index contributed by atoms with van der Waals surface area (Å²) in [4.78, 5) is 25.8. The number of rotatable bonds is 6. The zero-order valence-electron chi connectivity index (χ0n) is 18.7. The van der Waals surface area contributed by atoms with E-state index in [0.29, 0.717) is 57.6 Å². The van der Waals surface area contributed by atoms with Crippen molar-refractivity contribution in [1.82, 2.24) is 30.0 Å². The Kier molecular flexibility index (Phi) is 5.90. The molecular weight excluding hydrogens is 505 g/mol. The van der Waals surface area contributed by atoms with Gasteiger partial charge in [0.05, 0.1) is 23.1 Å². The number of fused-ring (bicyclic) bond motifs is 2. The van der Waals surface area contributed by atoms with Crippen LogP contribution in [-0.2, 0) is 9.53 Å². The molecule has 2 atom stereocenters. The molecule has 0 aliphatic heterocycles. The summed E-state index contributed by atoms with van der Waals surface area (Å²) in [5.41, 5.74) is 0.778. The van der Waals surface area contributed by atoms with Gasteiger partial charge in [-0.2, -0.15) is 10.1 Å². The Bertz CT molecular complexity index is 1390. The van der Waals surface area contributed by atoms with Crippen LogP contribution in [0.25, 0.3) is 27.6 Å². The summed E-state index contributed by atoms with van der Waals surface area (Å²) in [7, 11) is 3.25. The summed E-state index contributed by atoms with van der Waals surface area (Å²) in [5.74, 6) is -0.0426. The van der Waals surface area contributed by atoms with E-state index < -0.39 is 11.2 Å².